The molecule has 2 N–H and O–H groups in total. The van der Waals surface area contributed by atoms with Crippen molar-refractivity contribution in [2.24, 2.45) is 5.92 Å². The van der Waals surface area contributed by atoms with Gasteiger partial charge in [-0.15, -0.1) is 0 Å². The van der Waals surface area contributed by atoms with Gasteiger partial charge in [-0.05, 0) is 50.6 Å². The van der Waals surface area contributed by atoms with Crippen molar-refractivity contribution in [2.45, 2.75) is 51.1 Å². The van der Waals surface area contributed by atoms with E-state index in [0.29, 0.717) is 13.0 Å². The second-order valence-corrected chi connectivity index (χ2v) is 5.14. The van der Waals surface area contributed by atoms with E-state index in [4.69, 9.17) is 0 Å². The Balaban J connectivity index is 1.63. The summed E-state index contributed by atoms with van der Waals surface area (Å²) >= 11 is 0. The Labute approximate surface area is 97.7 Å². The molecule has 2 nitrogen and oxygen atoms in total. The second kappa shape index (κ2) is 5.78. The maximum Gasteiger partial charge on any atom is 0.0969 e. The van der Waals surface area contributed by atoms with Crippen LogP contribution in [0.1, 0.15) is 39.0 Å². The van der Waals surface area contributed by atoms with E-state index < -0.39 is 0 Å². The zero-order valence-electron chi connectivity index (χ0n) is 10.1. The summed E-state index contributed by atoms with van der Waals surface area (Å²) in [6.07, 6.45) is 7.47. The van der Waals surface area contributed by atoms with Gasteiger partial charge in [-0.1, -0.05) is 6.92 Å². The highest BCUT2D eigenvalue weighted by molar-refractivity contribution is 4.94. The summed E-state index contributed by atoms with van der Waals surface area (Å²) in [6, 6.07) is 1.52. The van der Waals surface area contributed by atoms with Gasteiger partial charge in [-0.25, -0.2) is 4.39 Å². The van der Waals surface area contributed by atoms with E-state index in [1.165, 1.54) is 25.7 Å². The van der Waals surface area contributed by atoms with Crippen molar-refractivity contribution in [3.8, 4) is 0 Å². The summed E-state index contributed by atoms with van der Waals surface area (Å²) in [5, 5.41) is 6.98. The zero-order valence-corrected chi connectivity index (χ0v) is 10.1. The molecule has 2 heterocycles. The van der Waals surface area contributed by atoms with E-state index in [9.17, 15) is 4.39 Å². The van der Waals surface area contributed by atoms with Gasteiger partial charge >= 0.3 is 0 Å². The number of rotatable bonds is 5. The van der Waals surface area contributed by atoms with Crippen LogP contribution in [0.25, 0.3) is 0 Å². The summed E-state index contributed by atoms with van der Waals surface area (Å²) < 4.78 is 12.8. The lowest BCUT2D eigenvalue weighted by Crippen LogP contribution is -2.41. The molecule has 0 spiro atoms. The van der Waals surface area contributed by atoms with Gasteiger partial charge in [-0.3, -0.25) is 0 Å². The Hall–Kier alpha value is -0.410. The Kier molecular flexibility index (Phi) is 4.36. The number of hydrogen-bond donors (Lipinski definition) is 2. The van der Waals surface area contributed by atoms with Crippen molar-refractivity contribution in [3.63, 3.8) is 0 Å². The standard InChI is InChI=1S/C13H23FN2/c1-2-11(14)5-6-15-9-10-7-12-3-4-13(8-10)16-12/h5,10,12-13,15-16H,2-4,6-9H2,1H3/b11-5+. The van der Waals surface area contributed by atoms with Gasteiger partial charge in [0.2, 0.25) is 0 Å². The lowest BCUT2D eigenvalue weighted by molar-refractivity contribution is 0.293. The lowest BCUT2D eigenvalue weighted by Gasteiger charge is -2.29. The van der Waals surface area contributed by atoms with Crippen LogP contribution in [-0.4, -0.2) is 25.2 Å². The molecule has 0 amide bonds. The van der Waals surface area contributed by atoms with Crippen LogP contribution < -0.4 is 10.6 Å². The SMILES string of the molecule is CC/C(F)=C\CNCC1CC2CCC(C1)N2. The minimum atomic E-state index is -0.00196. The molecule has 2 aliphatic rings. The van der Waals surface area contributed by atoms with Crippen molar-refractivity contribution in [1.82, 2.24) is 10.6 Å². The maximum absolute atomic E-state index is 12.8. The second-order valence-electron chi connectivity index (χ2n) is 5.14. The molecular formula is C13H23FN2. The van der Waals surface area contributed by atoms with Gasteiger partial charge in [-0.2, -0.15) is 0 Å². The molecule has 0 aromatic heterocycles. The predicted octanol–water partition coefficient (Wildman–Crippen LogP) is 2.37. The summed E-state index contributed by atoms with van der Waals surface area (Å²) in [6.45, 7) is 3.57. The normalized spacial score (nSPS) is 34.4. The molecule has 2 saturated heterocycles. The Morgan fingerprint density at radius 3 is 2.69 bits per heavy atom. The van der Waals surface area contributed by atoms with Crippen molar-refractivity contribution in [2.75, 3.05) is 13.1 Å². The fourth-order valence-electron chi connectivity index (χ4n) is 2.96. The minimum Gasteiger partial charge on any atom is -0.313 e. The minimum absolute atomic E-state index is 0.00196. The van der Waals surface area contributed by atoms with Gasteiger partial charge in [0.25, 0.3) is 0 Å². The van der Waals surface area contributed by atoms with Crippen LogP contribution in [-0.2, 0) is 0 Å². The largest absolute Gasteiger partial charge is 0.313 e. The van der Waals surface area contributed by atoms with Crippen LogP contribution in [0.15, 0.2) is 11.9 Å². The van der Waals surface area contributed by atoms with Crippen LogP contribution in [0.2, 0.25) is 0 Å². The summed E-state index contributed by atoms with van der Waals surface area (Å²) in [5.74, 6) is 0.787. The van der Waals surface area contributed by atoms with Gasteiger partial charge in [0.1, 0.15) is 0 Å². The highest BCUT2D eigenvalue weighted by Gasteiger charge is 2.32. The smallest absolute Gasteiger partial charge is 0.0969 e. The molecule has 0 aromatic carbocycles. The number of allylic oxidation sites excluding steroid dienone is 1. The average molecular weight is 226 g/mol. The molecule has 2 fully saturated rings. The third-order valence-corrected chi connectivity index (χ3v) is 3.81. The van der Waals surface area contributed by atoms with E-state index in [0.717, 1.165) is 24.5 Å². The Morgan fingerprint density at radius 1 is 1.38 bits per heavy atom. The van der Waals surface area contributed by atoms with E-state index in [2.05, 4.69) is 10.6 Å². The number of piperidine rings is 1. The van der Waals surface area contributed by atoms with Crippen molar-refractivity contribution < 1.29 is 4.39 Å². The summed E-state index contributed by atoms with van der Waals surface area (Å²) in [4.78, 5) is 0. The molecule has 0 saturated carbocycles. The number of hydrogen-bond acceptors (Lipinski definition) is 2. The Morgan fingerprint density at radius 2 is 2.06 bits per heavy atom. The van der Waals surface area contributed by atoms with E-state index in [1.54, 1.807) is 6.08 Å². The summed E-state index contributed by atoms with van der Waals surface area (Å²) in [7, 11) is 0. The van der Waals surface area contributed by atoms with Gasteiger partial charge in [0.15, 0.2) is 0 Å². The molecule has 3 heteroatoms. The van der Waals surface area contributed by atoms with Crippen molar-refractivity contribution >= 4 is 0 Å². The molecule has 2 aliphatic heterocycles. The molecular weight excluding hydrogens is 203 g/mol. The number of halogens is 1. The van der Waals surface area contributed by atoms with Crippen molar-refractivity contribution in [1.29, 1.82) is 0 Å². The maximum atomic E-state index is 12.8. The quantitative estimate of drug-likeness (QED) is 0.703. The predicted molar refractivity (Wildman–Crippen MR) is 65.0 cm³/mol. The first kappa shape index (κ1) is 12.1. The van der Waals surface area contributed by atoms with Gasteiger partial charge in [0.05, 0.1) is 5.83 Å². The first-order valence-electron chi connectivity index (χ1n) is 6.59. The topological polar surface area (TPSA) is 24.1 Å². The molecule has 0 radical (unpaired) electrons. The molecule has 2 bridgehead atoms. The molecule has 2 unspecified atom stereocenters. The molecule has 92 valence electrons. The molecule has 0 aromatic rings. The molecule has 2 rings (SSSR count). The van der Waals surface area contributed by atoms with Gasteiger partial charge in [0, 0.05) is 18.6 Å². The number of fused-ring (bicyclic) bond motifs is 2. The monoisotopic (exact) mass is 226 g/mol. The fraction of sp³-hybridized carbons (Fsp3) is 0.846. The van der Waals surface area contributed by atoms with Crippen LogP contribution in [0.4, 0.5) is 4.39 Å². The van der Waals surface area contributed by atoms with Crippen LogP contribution >= 0.6 is 0 Å². The van der Waals surface area contributed by atoms with E-state index >= 15 is 0 Å². The lowest BCUT2D eigenvalue weighted by atomic mass is 9.92. The van der Waals surface area contributed by atoms with Crippen LogP contribution in [0.3, 0.4) is 0 Å². The first-order valence-corrected chi connectivity index (χ1v) is 6.59. The molecule has 2 atom stereocenters. The van der Waals surface area contributed by atoms with Crippen molar-refractivity contribution in [3.05, 3.63) is 11.9 Å². The third-order valence-electron chi connectivity index (χ3n) is 3.81. The van der Waals surface area contributed by atoms with E-state index in [-0.39, 0.29) is 5.83 Å². The number of nitrogens with one attached hydrogen (secondary N) is 2. The Bertz CT molecular complexity index is 240. The van der Waals surface area contributed by atoms with E-state index in [1.807, 2.05) is 6.92 Å². The highest BCUT2D eigenvalue weighted by Crippen LogP contribution is 2.30. The van der Waals surface area contributed by atoms with Gasteiger partial charge < -0.3 is 10.6 Å². The fourth-order valence-corrected chi connectivity index (χ4v) is 2.96. The average Bonchev–Trinajstić information content (AvgIpc) is 2.64. The highest BCUT2D eigenvalue weighted by atomic mass is 19.1. The molecule has 0 aliphatic carbocycles. The zero-order chi connectivity index (χ0) is 11.4. The third kappa shape index (κ3) is 3.29. The van der Waals surface area contributed by atoms with Crippen LogP contribution in [0, 0.1) is 5.92 Å². The molecule has 16 heavy (non-hydrogen) atoms. The first-order chi connectivity index (χ1) is 7.78. The van der Waals surface area contributed by atoms with Crippen LogP contribution in [0.5, 0.6) is 0 Å². The summed E-state index contributed by atoms with van der Waals surface area (Å²) in [5.41, 5.74) is 0.